The quantitative estimate of drug-likeness (QED) is 0.106. The number of nitrogens with one attached hydrogen (secondary N) is 3. The molecule has 5 aromatic carbocycles. The van der Waals surface area contributed by atoms with Crippen LogP contribution in [0.25, 0.3) is 16.8 Å². The fraction of sp³-hybridized carbons (Fsp3) is 0.0556. The van der Waals surface area contributed by atoms with E-state index in [-0.39, 0.29) is 11.6 Å². The van der Waals surface area contributed by atoms with Gasteiger partial charge in [-0.2, -0.15) is 0 Å². The van der Waals surface area contributed by atoms with Gasteiger partial charge in [-0.05, 0) is 83.9 Å². The summed E-state index contributed by atoms with van der Waals surface area (Å²) in [6.45, 7) is 1.77. The summed E-state index contributed by atoms with van der Waals surface area (Å²) in [7, 11) is 0. The second-order valence-corrected chi connectivity index (χ2v) is 11.5. The molecule has 9 heteroatoms. The highest BCUT2D eigenvalue weighted by atomic mass is 32.2. The van der Waals surface area contributed by atoms with E-state index >= 15 is 0 Å². The number of hydrogen-bond donors (Lipinski definition) is 4. The van der Waals surface area contributed by atoms with Gasteiger partial charge in [-0.1, -0.05) is 66.7 Å². The van der Waals surface area contributed by atoms with Crippen LogP contribution in [0.5, 0.6) is 0 Å². The Bertz CT molecular complexity index is 1900. The first-order valence-electron chi connectivity index (χ1n) is 14.1. The van der Waals surface area contributed by atoms with Gasteiger partial charge in [0.05, 0.1) is 5.25 Å². The standard InChI is InChI=1S/C36H30N4O4S/c1-23(34(42)38-28-19-17-25(18-20-28)33(37)41)45-30-15-8-14-29(22-30)39-36(44)32(40-35(43)26-10-3-2-4-11-26)21-27-13-7-12-24-9-5-6-16-31(24)27/h2-23H,1H3,(H2,37,41)(H,38,42)(H,39,44)(H,40,43)/b32-21+. The zero-order chi connectivity index (χ0) is 31.8. The Morgan fingerprint density at radius 3 is 2.16 bits per heavy atom. The highest BCUT2D eigenvalue weighted by Crippen LogP contribution is 2.27. The zero-order valence-corrected chi connectivity index (χ0v) is 25.1. The number of amides is 4. The minimum atomic E-state index is -0.543. The average Bonchev–Trinajstić information content (AvgIpc) is 3.05. The van der Waals surface area contributed by atoms with E-state index in [2.05, 4.69) is 16.0 Å². The van der Waals surface area contributed by atoms with Gasteiger partial charge in [-0.15, -0.1) is 11.8 Å². The van der Waals surface area contributed by atoms with Crippen LogP contribution in [0.4, 0.5) is 11.4 Å². The highest BCUT2D eigenvalue weighted by molar-refractivity contribution is 8.00. The maximum atomic E-state index is 13.6. The van der Waals surface area contributed by atoms with E-state index in [0.717, 1.165) is 21.2 Å². The summed E-state index contributed by atoms with van der Waals surface area (Å²) in [6, 6.07) is 35.7. The number of benzene rings is 5. The molecular weight excluding hydrogens is 584 g/mol. The number of rotatable bonds is 10. The van der Waals surface area contributed by atoms with E-state index in [9.17, 15) is 19.2 Å². The molecule has 0 saturated heterocycles. The normalized spacial score (nSPS) is 11.8. The lowest BCUT2D eigenvalue weighted by molar-refractivity contribution is -0.115. The van der Waals surface area contributed by atoms with Crippen LogP contribution in [0.2, 0.25) is 0 Å². The largest absolute Gasteiger partial charge is 0.366 e. The van der Waals surface area contributed by atoms with Crippen molar-refractivity contribution in [1.29, 1.82) is 0 Å². The summed E-state index contributed by atoms with van der Waals surface area (Å²) < 4.78 is 0. The van der Waals surface area contributed by atoms with E-state index in [1.54, 1.807) is 79.7 Å². The Labute approximate surface area is 264 Å². The van der Waals surface area contributed by atoms with Crippen molar-refractivity contribution in [2.45, 2.75) is 17.1 Å². The summed E-state index contributed by atoms with van der Waals surface area (Å²) in [5, 5.41) is 9.98. The number of primary amides is 1. The lowest BCUT2D eigenvalue weighted by Crippen LogP contribution is -2.30. The minimum absolute atomic E-state index is 0.0772. The first kappa shape index (κ1) is 30.8. The van der Waals surface area contributed by atoms with Gasteiger partial charge in [0.2, 0.25) is 11.8 Å². The molecular formula is C36H30N4O4S. The van der Waals surface area contributed by atoms with Crippen molar-refractivity contribution in [3.8, 4) is 0 Å². The van der Waals surface area contributed by atoms with Crippen molar-refractivity contribution in [3.05, 3.63) is 144 Å². The van der Waals surface area contributed by atoms with Crippen LogP contribution in [-0.2, 0) is 9.59 Å². The van der Waals surface area contributed by atoms with Crippen LogP contribution < -0.4 is 21.7 Å². The van der Waals surface area contributed by atoms with Crippen LogP contribution >= 0.6 is 11.8 Å². The molecule has 0 radical (unpaired) electrons. The van der Waals surface area contributed by atoms with Crippen LogP contribution in [0, 0.1) is 0 Å². The fourth-order valence-electron chi connectivity index (χ4n) is 4.54. The Balaban J connectivity index is 1.33. The van der Waals surface area contributed by atoms with Crippen molar-refractivity contribution in [1.82, 2.24) is 5.32 Å². The Morgan fingerprint density at radius 2 is 1.40 bits per heavy atom. The van der Waals surface area contributed by atoms with E-state index in [1.807, 2.05) is 54.6 Å². The van der Waals surface area contributed by atoms with Gasteiger partial charge in [-0.3, -0.25) is 19.2 Å². The molecule has 1 unspecified atom stereocenters. The molecule has 0 spiro atoms. The maximum absolute atomic E-state index is 13.6. The summed E-state index contributed by atoms with van der Waals surface area (Å²) in [5.41, 5.74) is 7.95. The molecule has 0 saturated carbocycles. The number of hydrogen-bond acceptors (Lipinski definition) is 5. The number of carbonyl (C=O) groups excluding carboxylic acids is 4. The lowest BCUT2D eigenvalue weighted by atomic mass is 10.0. The Morgan fingerprint density at radius 1 is 0.711 bits per heavy atom. The number of carbonyl (C=O) groups is 4. The smallest absolute Gasteiger partial charge is 0.272 e. The Hall–Kier alpha value is -5.67. The zero-order valence-electron chi connectivity index (χ0n) is 24.3. The van der Waals surface area contributed by atoms with Crippen molar-refractivity contribution in [2.75, 3.05) is 10.6 Å². The summed E-state index contributed by atoms with van der Waals surface area (Å²) in [6.07, 6.45) is 1.67. The molecule has 8 nitrogen and oxygen atoms in total. The molecule has 0 heterocycles. The molecule has 1 atom stereocenters. The molecule has 224 valence electrons. The van der Waals surface area contributed by atoms with Crippen molar-refractivity contribution in [2.24, 2.45) is 5.73 Å². The number of anilines is 2. The number of thioether (sulfide) groups is 1. The molecule has 0 aromatic heterocycles. The van der Waals surface area contributed by atoms with Gasteiger partial charge in [0.25, 0.3) is 11.8 Å². The van der Waals surface area contributed by atoms with Gasteiger partial charge < -0.3 is 21.7 Å². The van der Waals surface area contributed by atoms with Crippen LogP contribution in [0.3, 0.4) is 0 Å². The van der Waals surface area contributed by atoms with E-state index in [1.165, 1.54) is 11.8 Å². The van der Waals surface area contributed by atoms with Gasteiger partial charge in [-0.25, -0.2) is 0 Å². The van der Waals surface area contributed by atoms with Gasteiger partial charge >= 0.3 is 0 Å². The van der Waals surface area contributed by atoms with Gasteiger partial charge in [0.15, 0.2) is 0 Å². The molecule has 0 aliphatic heterocycles. The van der Waals surface area contributed by atoms with E-state index in [4.69, 9.17) is 5.73 Å². The number of fused-ring (bicyclic) bond motifs is 1. The average molecular weight is 615 g/mol. The molecule has 0 aliphatic carbocycles. The van der Waals surface area contributed by atoms with Crippen molar-refractivity contribution >= 4 is 63.6 Å². The van der Waals surface area contributed by atoms with Crippen LogP contribution in [0.1, 0.15) is 33.2 Å². The maximum Gasteiger partial charge on any atom is 0.272 e. The van der Waals surface area contributed by atoms with Gasteiger partial charge in [0.1, 0.15) is 5.70 Å². The lowest BCUT2D eigenvalue weighted by Gasteiger charge is -2.14. The van der Waals surface area contributed by atoms with E-state index in [0.29, 0.717) is 22.5 Å². The van der Waals surface area contributed by atoms with Gasteiger partial charge in [0, 0.05) is 27.4 Å². The van der Waals surface area contributed by atoms with E-state index < -0.39 is 23.0 Å². The third-order valence-electron chi connectivity index (χ3n) is 6.86. The predicted molar refractivity (Wildman–Crippen MR) is 180 cm³/mol. The van der Waals surface area contributed by atoms with Crippen LogP contribution in [0.15, 0.2) is 132 Å². The number of nitrogens with two attached hydrogens (primary N) is 1. The van der Waals surface area contributed by atoms with Crippen LogP contribution in [-0.4, -0.2) is 28.9 Å². The fourth-order valence-corrected chi connectivity index (χ4v) is 5.47. The molecule has 0 bridgehead atoms. The first-order chi connectivity index (χ1) is 21.8. The SMILES string of the molecule is CC(Sc1cccc(NC(=O)/C(=C\c2cccc3ccccc23)NC(=O)c2ccccc2)c1)C(=O)Nc1ccc(C(N)=O)cc1. The molecule has 45 heavy (non-hydrogen) atoms. The Kier molecular flexibility index (Phi) is 9.71. The molecule has 5 aromatic rings. The highest BCUT2D eigenvalue weighted by Gasteiger charge is 2.18. The summed E-state index contributed by atoms with van der Waals surface area (Å²) in [5.74, 6) is -1.69. The topological polar surface area (TPSA) is 130 Å². The van der Waals surface area contributed by atoms with Crippen molar-refractivity contribution in [3.63, 3.8) is 0 Å². The third kappa shape index (κ3) is 8.04. The molecule has 0 aliphatic rings. The molecule has 5 N–H and O–H groups in total. The second kappa shape index (κ2) is 14.2. The molecule has 5 rings (SSSR count). The molecule has 0 fully saturated rings. The summed E-state index contributed by atoms with van der Waals surface area (Å²) in [4.78, 5) is 51.6. The third-order valence-corrected chi connectivity index (χ3v) is 7.96. The van der Waals surface area contributed by atoms with Crippen molar-refractivity contribution < 1.29 is 19.2 Å². The minimum Gasteiger partial charge on any atom is -0.366 e. The predicted octanol–water partition coefficient (Wildman–Crippen LogP) is 6.47. The summed E-state index contributed by atoms with van der Waals surface area (Å²) >= 11 is 1.32. The monoisotopic (exact) mass is 614 g/mol. The molecule has 4 amide bonds. The first-order valence-corrected chi connectivity index (χ1v) is 15.0. The second-order valence-electron chi connectivity index (χ2n) is 10.1.